The molecule has 0 spiro atoms. The van der Waals surface area contributed by atoms with Crippen molar-refractivity contribution >= 4 is 17.5 Å². The molecule has 1 aromatic heterocycles. The van der Waals surface area contributed by atoms with Gasteiger partial charge in [0, 0.05) is 24.5 Å². The van der Waals surface area contributed by atoms with Crippen LogP contribution in [0.2, 0.25) is 5.02 Å². The molecule has 0 radical (unpaired) electrons. The van der Waals surface area contributed by atoms with Crippen LogP contribution in [0.3, 0.4) is 0 Å². The largest absolute Gasteiger partial charge is 0.338 e. The van der Waals surface area contributed by atoms with Gasteiger partial charge in [0.05, 0.1) is 5.56 Å². The molecule has 1 N–H and O–H groups in total. The van der Waals surface area contributed by atoms with Crippen LogP contribution in [0, 0.1) is 5.82 Å². The van der Waals surface area contributed by atoms with E-state index in [4.69, 9.17) is 11.6 Å². The molecule has 1 heterocycles. The minimum atomic E-state index is -0.565. The first-order valence-electron chi connectivity index (χ1n) is 7.34. The second-order valence-corrected chi connectivity index (χ2v) is 5.77. The number of amides is 1. The predicted octanol–water partition coefficient (Wildman–Crippen LogP) is 3.73. The van der Waals surface area contributed by atoms with Gasteiger partial charge in [-0.2, -0.15) is 0 Å². The van der Waals surface area contributed by atoms with E-state index in [-0.39, 0.29) is 5.56 Å². The maximum Gasteiger partial charge on any atom is 0.255 e. The van der Waals surface area contributed by atoms with Crippen LogP contribution in [-0.2, 0) is 7.05 Å². The summed E-state index contributed by atoms with van der Waals surface area (Å²) in [5.74, 6) is -0.428. The van der Waals surface area contributed by atoms with Gasteiger partial charge in [-0.15, -0.1) is 0 Å². The fourth-order valence-corrected chi connectivity index (χ4v) is 2.59. The average molecular weight is 344 g/mol. The fraction of sp³-hybridized carbons (Fsp3) is 0.111. The Balaban J connectivity index is 1.97. The number of nitrogens with one attached hydrogen (secondary N) is 1. The molecule has 0 bridgehead atoms. The van der Waals surface area contributed by atoms with Crippen molar-refractivity contribution < 1.29 is 9.18 Å². The lowest BCUT2D eigenvalue weighted by Crippen LogP contribution is -2.31. The van der Waals surface area contributed by atoms with Crippen molar-refractivity contribution in [2.45, 2.75) is 6.04 Å². The number of benzene rings is 2. The summed E-state index contributed by atoms with van der Waals surface area (Å²) in [4.78, 5) is 16.8. The number of hydrogen-bond donors (Lipinski definition) is 1. The number of hydrogen-bond acceptors (Lipinski definition) is 2. The lowest BCUT2D eigenvalue weighted by molar-refractivity contribution is 0.0937. The van der Waals surface area contributed by atoms with E-state index >= 15 is 0 Å². The number of nitrogens with zero attached hydrogens (tertiary/aromatic N) is 2. The van der Waals surface area contributed by atoms with Crippen molar-refractivity contribution in [3.63, 3.8) is 0 Å². The van der Waals surface area contributed by atoms with E-state index in [1.165, 1.54) is 12.1 Å². The molecule has 1 amide bonds. The SMILES string of the molecule is Cn1ccnc1C(NC(=O)c1ccccc1F)c1ccc(Cl)cc1. The highest BCUT2D eigenvalue weighted by Gasteiger charge is 2.22. The van der Waals surface area contributed by atoms with Crippen LogP contribution in [0.5, 0.6) is 0 Å². The van der Waals surface area contributed by atoms with Gasteiger partial charge in [0.2, 0.25) is 0 Å². The molecule has 24 heavy (non-hydrogen) atoms. The number of imidazole rings is 1. The number of aryl methyl sites for hydroxylation is 1. The summed E-state index contributed by atoms with van der Waals surface area (Å²) >= 11 is 5.94. The molecule has 0 aliphatic rings. The molecular formula is C18H15ClFN3O. The molecule has 122 valence electrons. The first-order valence-corrected chi connectivity index (χ1v) is 7.72. The van der Waals surface area contributed by atoms with Crippen LogP contribution in [0.4, 0.5) is 4.39 Å². The molecule has 3 aromatic rings. The maximum atomic E-state index is 13.9. The molecule has 1 atom stereocenters. The van der Waals surface area contributed by atoms with Gasteiger partial charge in [0.15, 0.2) is 0 Å². The molecule has 0 aliphatic carbocycles. The van der Waals surface area contributed by atoms with E-state index in [1.54, 1.807) is 41.2 Å². The zero-order valence-corrected chi connectivity index (χ0v) is 13.7. The predicted molar refractivity (Wildman–Crippen MR) is 90.4 cm³/mol. The number of carbonyl (C=O) groups excluding carboxylic acids is 1. The first-order chi connectivity index (χ1) is 11.6. The summed E-state index contributed by atoms with van der Waals surface area (Å²) in [6.45, 7) is 0. The Morgan fingerprint density at radius 3 is 2.54 bits per heavy atom. The number of carbonyl (C=O) groups is 1. The van der Waals surface area contributed by atoms with Crippen LogP contribution in [0.1, 0.15) is 27.8 Å². The molecule has 3 rings (SSSR count). The standard InChI is InChI=1S/C18H15ClFN3O/c1-23-11-10-21-17(23)16(12-6-8-13(19)9-7-12)22-18(24)14-4-2-3-5-15(14)20/h2-11,16H,1H3,(H,22,24). The van der Waals surface area contributed by atoms with Crippen molar-refractivity contribution in [3.8, 4) is 0 Å². The molecule has 2 aromatic carbocycles. The third-order valence-electron chi connectivity index (χ3n) is 3.71. The third kappa shape index (κ3) is 3.31. The monoisotopic (exact) mass is 343 g/mol. The molecule has 0 fully saturated rings. The Kier molecular flexibility index (Phi) is 4.62. The van der Waals surface area contributed by atoms with Crippen LogP contribution in [0.25, 0.3) is 0 Å². The number of rotatable bonds is 4. The zero-order chi connectivity index (χ0) is 17.1. The Labute approximate surface area is 143 Å². The van der Waals surface area contributed by atoms with Gasteiger partial charge in [0.1, 0.15) is 17.7 Å². The van der Waals surface area contributed by atoms with Gasteiger partial charge >= 0.3 is 0 Å². The van der Waals surface area contributed by atoms with Gasteiger partial charge in [0.25, 0.3) is 5.91 Å². The van der Waals surface area contributed by atoms with Crippen LogP contribution in [0.15, 0.2) is 60.9 Å². The first kappa shape index (κ1) is 16.2. The summed E-state index contributed by atoms with van der Waals surface area (Å²) in [6, 6.07) is 12.4. The lowest BCUT2D eigenvalue weighted by Gasteiger charge is -2.19. The zero-order valence-electron chi connectivity index (χ0n) is 12.9. The lowest BCUT2D eigenvalue weighted by atomic mass is 10.1. The Hall–Kier alpha value is -2.66. The Morgan fingerprint density at radius 1 is 1.21 bits per heavy atom. The normalized spacial score (nSPS) is 12.0. The smallest absolute Gasteiger partial charge is 0.255 e. The van der Waals surface area contributed by atoms with E-state index in [0.29, 0.717) is 10.8 Å². The minimum absolute atomic E-state index is 0.00864. The third-order valence-corrected chi connectivity index (χ3v) is 3.97. The van der Waals surface area contributed by atoms with Gasteiger partial charge in [-0.25, -0.2) is 9.37 Å². The van der Waals surface area contributed by atoms with E-state index in [9.17, 15) is 9.18 Å². The molecule has 6 heteroatoms. The van der Waals surface area contributed by atoms with Crippen LogP contribution < -0.4 is 5.32 Å². The van der Waals surface area contributed by atoms with Crippen molar-refractivity contribution in [2.75, 3.05) is 0 Å². The van der Waals surface area contributed by atoms with E-state index in [0.717, 1.165) is 5.56 Å². The highest BCUT2D eigenvalue weighted by atomic mass is 35.5. The van der Waals surface area contributed by atoms with E-state index in [2.05, 4.69) is 10.3 Å². The maximum absolute atomic E-state index is 13.9. The topological polar surface area (TPSA) is 46.9 Å². The molecule has 1 unspecified atom stereocenters. The molecule has 0 saturated heterocycles. The highest BCUT2D eigenvalue weighted by molar-refractivity contribution is 6.30. The molecule has 0 aliphatic heterocycles. The molecular weight excluding hydrogens is 329 g/mol. The van der Waals surface area contributed by atoms with Gasteiger partial charge in [-0.1, -0.05) is 35.9 Å². The van der Waals surface area contributed by atoms with Crippen LogP contribution >= 0.6 is 11.6 Å². The summed E-state index contributed by atoms with van der Waals surface area (Å²) in [5, 5.41) is 3.44. The average Bonchev–Trinajstić information content (AvgIpc) is 2.99. The van der Waals surface area contributed by atoms with Gasteiger partial charge in [-0.05, 0) is 29.8 Å². The summed E-state index contributed by atoms with van der Waals surface area (Å²) < 4.78 is 15.7. The summed E-state index contributed by atoms with van der Waals surface area (Å²) in [5.41, 5.74) is 0.795. The number of halogens is 2. The highest BCUT2D eigenvalue weighted by Crippen LogP contribution is 2.23. The minimum Gasteiger partial charge on any atom is -0.338 e. The van der Waals surface area contributed by atoms with Crippen molar-refractivity contribution in [1.29, 1.82) is 0 Å². The molecule has 0 saturated carbocycles. The van der Waals surface area contributed by atoms with Gasteiger partial charge < -0.3 is 9.88 Å². The second-order valence-electron chi connectivity index (χ2n) is 5.33. The van der Waals surface area contributed by atoms with Crippen molar-refractivity contribution in [1.82, 2.24) is 14.9 Å². The second kappa shape index (κ2) is 6.84. The van der Waals surface area contributed by atoms with Gasteiger partial charge in [-0.3, -0.25) is 4.79 Å². The van der Waals surface area contributed by atoms with Crippen LogP contribution in [-0.4, -0.2) is 15.5 Å². The van der Waals surface area contributed by atoms with Crippen molar-refractivity contribution in [3.05, 3.63) is 88.7 Å². The summed E-state index contributed by atoms with van der Waals surface area (Å²) in [7, 11) is 1.83. The number of aromatic nitrogens is 2. The Morgan fingerprint density at radius 2 is 1.92 bits per heavy atom. The van der Waals surface area contributed by atoms with E-state index in [1.807, 2.05) is 19.2 Å². The molecule has 4 nitrogen and oxygen atoms in total. The quantitative estimate of drug-likeness (QED) is 0.784. The fourth-order valence-electron chi connectivity index (χ4n) is 2.46. The Bertz CT molecular complexity index is 861. The van der Waals surface area contributed by atoms with E-state index < -0.39 is 17.8 Å². The summed E-state index contributed by atoms with van der Waals surface area (Å²) in [6.07, 6.45) is 3.43. The van der Waals surface area contributed by atoms with Crippen molar-refractivity contribution in [2.24, 2.45) is 7.05 Å².